The molecule has 0 saturated carbocycles. The Morgan fingerprint density at radius 2 is 1.84 bits per heavy atom. The largest absolute Gasteiger partial charge is 0.416 e. The lowest BCUT2D eigenvalue weighted by Gasteiger charge is -2.17. The molecule has 5 heteroatoms. The highest BCUT2D eigenvalue weighted by Crippen LogP contribution is 2.36. The second-order valence-electron chi connectivity index (χ2n) is 4.22. The number of hydrogen-bond donors (Lipinski definition) is 1. The number of aromatic nitrogens is 1. The molecule has 1 atom stereocenters. The molecule has 100 valence electrons. The Kier molecular flexibility index (Phi) is 3.57. The van der Waals surface area contributed by atoms with E-state index >= 15 is 0 Å². The molecular formula is C14H12F3NO. The summed E-state index contributed by atoms with van der Waals surface area (Å²) in [4.78, 5) is 3.95. The van der Waals surface area contributed by atoms with Crippen LogP contribution in [-0.4, -0.2) is 10.1 Å². The lowest BCUT2D eigenvalue weighted by atomic mass is 9.97. The summed E-state index contributed by atoms with van der Waals surface area (Å²) in [6.07, 6.45) is -4.34. The van der Waals surface area contributed by atoms with Crippen LogP contribution in [0.25, 0.3) is 0 Å². The zero-order chi connectivity index (χ0) is 14.0. The third-order valence-corrected chi connectivity index (χ3v) is 2.80. The van der Waals surface area contributed by atoms with E-state index in [9.17, 15) is 18.3 Å². The van der Waals surface area contributed by atoms with Gasteiger partial charge in [-0.05, 0) is 36.2 Å². The van der Waals surface area contributed by atoms with Crippen molar-refractivity contribution in [1.29, 1.82) is 0 Å². The van der Waals surface area contributed by atoms with Crippen molar-refractivity contribution in [2.24, 2.45) is 0 Å². The standard InChI is InChI=1S/C14H12F3NO/c1-9-8-10(6-7-18-9)13(19)11-4-2-3-5-12(11)14(15,16)17/h2-8,13,19H,1H3. The lowest BCUT2D eigenvalue weighted by molar-refractivity contribution is -0.139. The maximum absolute atomic E-state index is 12.9. The summed E-state index contributed by atoms with van der Waals surface area (Å²) in [7, 11) is 0. The minimum Gasteiger partial charge on any atom is -0.384 e. The van der Waals surface area contributed by atoms with Crippen LogP contribution in [0.4, 0.5) is 13.2 Å². The third-order valence-electron chi connectivity index (χ3n) is 2.80. The summed E-state index contributed by atoms with van der Waals surface area (Å²) < 4.78 is 38.6. The van der Waals surface area contributed by atoms with Crippen molar-refractivity contribution in [1.82, 2.24) is 4.98 Å². The zero-order valence-corrected chi connectivity index (χ0v) is 10.1. The van der Waals surface area contributed by atoms with Crippen molar-refractivity contribution in [3.8, 4) is 0 Å². The summed E-state index contributed by atoms with van der Waals surface area (Å²) in [5, 5.41) is 10.1. The molecule has 0 radical (unpaired) electrons. The van der Waals surface area contributed by atoms with Crippen LogP contribution >= 0.6 is 0 Å². The molecule has 1 heterocycles. The minimum absolute atomic E-state index is 0.152. The number of aryl methyl sites for hydroxylation is 1. The Hall–Kier alpha value is -1.88. The Morgan fingerprint density at radius 3 is 2.47 bits per heavy atom. The van der Waals surface area contributed by atoms with Crippen LogP contribution in [0.3, 0.4) is 0 Å². The number of halogens is 3. The Bertz CT molecular complexity index is 581. The summed E-state index contributed by atoms with van der Waals surface area (Å²) in [6, 6.07) is 8.09. The summed E-state index contributed by atoms with van der Waals surface area (Å²) in [6.45, 7) is 1.71. The molecule has 0 aliphatic rings. The fourth-order valence-electron chi connectivity index (χ4n) is 1.91. The highest BCUT2D eigenvalue weighted by Gasteiger charge is 2.34. The molecule has 0 aliphatic heterocycles. The number of hydrogen-bond acceptors (Lipinski definition) is 2. The number of alkyl halides is 3. The Labute approximate surface area is 108 Å². The van der Waals surface area contributed by atoms with Gasteiger partial charge in [0.05, 0.1) is 5.56 Å². The summed E-state index contributed by atoms with van der Waals surface area (Å²) >= 11 is 0. The highest BCUT2D eigenvalue weighted by atomic mass is 19.4. The molecule has 1 aromatic carbocycles. The zero-order valence-electron chi connectivity index (χ0n) is 10.1. The second kappa shape index (κ2) is 5.01. The van der Waals surface area contributed by atoms with Gasteiger partial charge in [-0.25, -0.2) is 0 Å². The van der Waals surface area contributed by atoms with Crippen molar-refractivity contribution in [2.75, 3.05) is 0 Å². The lowest BCUT2D eigenvalue weighted by Crippen LogP contribution is -2.12. The van der Waals surface area contributed by atoms with E-state index in [1.807, 2.05) is 0 Å². The number of rotatable bonds is 2. The first-order valence-corrected chi connectivity index (χ1v) is 5.66. The van der Waals surface area contributed by atoms with Crippen molar-refractivity contribution >= 4 is 0 Å². The molecule has 1 unspecified atom stereocenters. The molecular weight excluding hydrogens is 255 g/mol. The van der Waals surface area contributed by atoms with Gasteiger partial charge < -0.3 is 5.11 Å². The average molecular weight is 267 g/mol. The molecule has 0 spiro atoms. The molecule has 0 aliphatic carbocycles. The first-order chi connectivity index (χ1) is 8.89. The topological polar surface area (TPSA) is 33.1 Å². The smallest absolute Gasteiger partial charge is 0.384 e. The van der Waals surface area contributed by atoms with E-state index < -0.39 is 17.8 Å². The predicted molar refractivity (Wildman–Crippen MR) is 64.5 cm³/mol. The maximum atomic E-state index is 12.9. The molecule has 0 saturated heterocycles. The van der Waals surface area contributed by atoms with E-state index in [4.69, 9.17) is 0 Å². The van der Waals surface area contributed by atoms with Gasteiger partial charge in [-0.15, -0.1) is 0 Å². The first kappa shape index (κ1) is 13.5. The normalized spacial score (nSPS) is 13.3. The quantitative estimate of drug-likeness (QED) is 0.903. The minimum atomic E-state index is -4.49. The molecule has 0 amide bonds. The molecule has 0 fully saturated rings. The van der Waals surface area contributed by atoms with Gasteiger partial charge in [-0.2, -0.15) is 13.2 Å². The van der Waals surface area contributed by atoms with Gasteiger partial charge in [0.1, 0.15) is 6.10 Å². The number of aliphatic hydroxyl groups excluding tert-OH is 1. The van der Waals surface area contributed by atoms with Gasteiger partial charge in [0.2, 0.25) is 0 Å². The molecule has 19 heavy (non-hydrogen) atoms. The van der Waals surface area contributed by atoms with Crippen molar-refractivity contribution in [2.45, 2.75) is 19.2 Å². The van der Waals surface area contributed by atoms with E-state index in [1.165, 1.54) is 30.5 Å². The fraction of sp³-hybridized carbons (Fsp3) is 0.214. The average Bonchev–Trinajstić information content (AvgIpc) is 2.37. The monoisotopic (exact) mass is 267 g/mol. The van der Waals surface area contributed by atoms with Crippen molar-refractivity contribution in [3.63, 3.8) is 0 Å². The SMILES string of the molecule is Cc1cc(C(O)c2ccccc2C(F)(F)F)ccn1. The Morgan fingerprint density at radius 1 is 1.16 bits per heavy atom. The number of pyridine rings is 1. The molecule has 0 bridgehead atoms. The van der Waals surface area contributed by atoms with E-state index in [1.54, 1.807) is 13.0 Å². The van der Waals surface area contributed by atoms with Crippen LogP contribution in [0.5, 0.6) is 0 Å². The highest BCUT2D eigenvalue weighted by molar-refractivity contribution is 5.37. The van der Waals surface area contributed by atoms with E-state index in [0.717, 1.165) is 6.07 Å². The van der Waals surface area contributed by atoms with Crippen LogP contribution in [0.15, 0.2) is 42.6 Å². The second-order valence-corrected chi connectivity index (χ2v) is 4.22. The predicted octanol–water partition coefficient (Wildman–Crippen LogP) is 3.49. The third kappa shape index (κ3) is 2.93. The molecule has 2 rings (SSSR count). The molecule has 1 N–H and O–H groups in total. The van der Waals surface area contributed by atoms with Gasteiger partial charge in [-0.3, -0.25) is 4.98 Å². The van der Waals surface area contributed by atoms with Crippen LogP contribution < -0.4 is 0 Å². The van der Waals surface area contributed by atoms with E-state index in [-0.39, 0.29) is 5.56 Å². The number of benzene rings is 1. The number of nitrogens with zero attached hydrogens (tertiary/aromatic N) is 1. The summed E-state index contributed by atoms with van der Waals surface area (Å²) in [5.74, 6) is 0. The van der Waals surface area contributed by atoms with Crippen LogP contribution in [-0.2, 0) is 6.18 Å². The van der Waals surface area contributed by atoms with Crippen LogP contribution in [0.2, 0.25) is 0 Å². The Balaban J connectivity index is 2.48. The van der Waals surface area contributed by atoms with E-state index in [2.05, 4.69) is 4.98 Å². The van der Waals surface area contributed by atoms with Crippen molar-refractivity contribution < 1.29 is 18.3 Å². The molecule has 2 aromatic rings. The van der Waals surface area contributed by atoms with Gasteiger partial charge in [0.15, 0.2) is 0 Å². The van der Waals surface area contributed by atoms with Gasteiger partial charge in [0, 0.05) is 11.9 Å². The van der Waals surface area contributed by atoms with Gasteiger partial charge in [-0.1, -0.05) is 18.2 Å². The molecule has 1 aromatic heterocycles. The summed E-state index contributed by atoms with van der Waals surface area (Å²) in [5.41, 5.74) is 0.0582. The van der Waals surface area contributed by atoms with Crippen LogP contribution in [0, 0.1) is 6.92 Å². The number of aliphatic hydroxyl groups is 1. The molecule has 2 nitrogen and oxygen atoms in total. The van der Waals surface area contributed by atoms with Crippen LogP contribution in [0.1, 0.15) is 28.5 Å². The first-order valence-electron chi connectivity index (χ1n) is 5.66. The fourth-order valence-corrected chi connectivity index (χ4v) is 1.91. The van der Waals surface area contributed by atoms with Crippen molar-refractivity contribution in [3.05, 3.63) is 65.0 Å². The van der Waals surface area contributed by atoms with Gasteiger partial charge in [0.25, 0.3) is 0 Å². The van der Waals surface area contributed by atoms with Gasteiger partial charge >= 0.3 is 6.18 Å². The van der Waals surface area contributed by atoms with E-state index in [0.29, 0.717) is 11.3 Å². The maximum Gasteiger partial charge on any atom is 0.416 e.